The summed E-state index contributed by atoms with van der Waals surface area (Å²) in [4.78, 5) is 8.87. The van der Waals surface area contributed by atoms with Crippen LogP contribution in [0.4, 0.5) is 5.69 Å². The first-order chi connectivity index (χ1) is 17.3. The van der Waals surface area contributed by atoms with Crippen LogP contribution >= 0.6 is 0 Å². The topological polar surface area (TPSA) is 74.3 Å². The number of benzene rings is 3. The minimum Gasteiger partial charge on any atom is -0.456 e. The van der Waals surface area contributed by atoms with Crippen LogP contribution in [0.25, 0.3) is 21.9 Å². The smallest absolute Gasteiger partial charge is 0.219 e. The molecule has 0 atom stereocenters. The number of hydrogen-bond donors (Lipinski definition) is 1. The highest BCUT2D eigenvalue weighted by Crippen LogP contribution is 2.32. The summed E-state index contributed by atoms with van der Waals surface area (Å²) in [6.07, 6.45) is 1.68. The summed E-state index contributed by atoms with van der Waals surface area (Å²) in [5.41, 5.74) is 3.62. The third kappa shape index (κ3) is 4.12. The Morgan fingerprint density at radius 3 is 2.37 bits per heavy atom. The number of furan rings is 1. The zero-order chi connectivity index (χ0) is 23.6. The molecule has 0 amide bonds. The van der Waals surface area contributed by atoms with Crippen LogP contribution in [-0.4, -0.2) is 47.1 Å². The van der Waals surface area contributed by atoms with E-state index in [-0.39, 0.29) is 0 Å². The predicted octanol–water partition coefficient (Wildman–Crippen LogP) is 5.73. The molecule has 35 heavy (non-hydrogen) atoms. The molecule has 2 aromatic heterocycles. The number of anilines is 1. The van der Waals surface area contributed by atoms with E-state index < -0.39 is 0 Å². The van der Waals surface area contributed by atoms with Gasteiger partial charge < -0.3 is 24.2 Å². The van der Waals surface area contributed by atoms with Crippen molar-refractivity contribution in [2.75, 3.05) is 31.1 Å². The molecule has 0 unspecified atom stereocenters. The summed E-state index contributed by atoms with van der Waals surface area (Å²) in [6.45, 7) is 3.21. The summed E-state index contributed by atoms with van der Waals surface area (Å²) in [5.74, 6) is 1.66. The van der Waals surface area contributed by atoms with Crippen LogP contribution in [0.15, 0.2) is 101 Å². The van der Waals surface area contributed by atoms with Crippen molar-refractivity contribution >= 4 is 33.5 Å². The molecule has 3 aromatic carbocycles. The fourth-order valence-electron chi connectivity index (χ4n) is 4.58. The van der Waals surface area contributed by atoms with Gasteiger partial charge in [0.15, 0.2) is 5.84 Å². The van der Waals surface area contributed by atoms with E-state index in [1.165, 1.54) is 5.69 Å². The third-order valence-corrected chi connectivity index (χ3v) is 6.36. The number of amidine groups is 1. The number of para-hydroxylation sites is 2. The molecule has 0 spiro atoms. The minimum absolute atomic E-state index is 0.465. The van der Waals surface area contributed by atoms with E-state index in [0.717, 1.165) is 53.7 Å². The van der Waals surface area contributed by atoms with Crippen LogP contribution < -0.4 is 9.64 Å². The van der Waals surface area contributed by atoms with Crippen molar-refractivity contribution in [3.63, 3.8) is 0 Å². The minimum atomic E-state index is 0.465. The van der Waals surface area contributed by atoms with Gasteiger partial charge in [-0.2, -0.15) is 0 Å². The van der Waals surface area contributed by atoms with Gasteiger partial charge in [-0.05, 0) is 42.5 Å². The monoisotopic (exact) mass is 464 g/mol. The molecule has 1 aliphatic heterocycles. The second-order valence-electron chi connectivity index (χ2n) is 8.48. The molecule has 174 valence electrons. The number of fused-ring (bicyclic) bond motifs is 3. The number of hydrogen-bond acceptors (Lipinski definition) is 6. The van der Waals surface area contributed by atoms with E-state index in [1.54, 1.807) is 12.3 Å². The van der Waals surface area contributed by atoms with Gasteiger partial charge in [0.1, 0.15) is 16.9 Å². The SMILES string of the molecule is O/N=C(/c1ccc(Oc2ccc3oc4ccccc4c3c2)nc1)N1CCN(c2ccccc2)CC1. The number of aromatic nitrogens is 1. The number of ether oxygens (including phenoxy) is 1. The fourth-order valence-corrected chi connectivity index (χ4v) is 4.58. The number of piperazine rings is 1. The predicted molar refractivity (Wildman–Crippen MR) is 137 cm³/mol. The van der Waals surface area contributed by atoms with Crippen molar-refractivity contribution in [2.24, 2.45) is 5.16 Å². The molecular weight excluding hydrogens is 440 g/mol. The van der Waals surface area contributed by atoms with Gasteiger partial charge in [-0.15, -0.1) is 0 Å². The van der Waals surface area contributed by atoms with Gasteiger partial charge >= 0.3 is 0 Å². The van der Waals surface area contributed by atoms with Crippen LogP contribution in [0.2, 0.25) is 0 Å². The normalized spacial score (nSPS) is 14.6. The lowest BCUT2D eigenvalue weighted by molar-refractivity contribution is 0.296. The van der Waals surface area contributed by atoms with Crippen molar-refractivity contribution in [2.45, 2.75) is 0 Å². The van der Waals surface area contributed by atoms with Crippen LogP contribution in [0.1, 0.15) is 5.56 Å². The third-order valence-electron chi connectivity index (χ3n) is 6.36. The highest BCUT2D eigenvalue weighted by atomic mass is 16.5. The molecule has 5 aromatic rings. The Balaban J connectivity index is 1.15. The molecule has 0 saturated carbocycles. The van der Waals surface area contributed by atoms with E-state index in [4.69, 9.17) is 9.15 Å². The average molecular weight is 465 g/mol. The lowest BCUT2D eigenvalue weighted by atomic mass is 10.1. The second kappa shape index (κ2) is 9.02. The Kier molecular flexibility index (Phi) is 5.42. The first-order valence-electron chi connectivity index (χ1n) is 11.6. The maximum absolute atomic E-state index is 9.75. The number of rotatable bonds is 4. The number of oxime groups is 1. The Bertz CT molecular complexity index is 1490. The quantitative estimate of drug-likeness (QED) is 0.158. The fraction of sp³-hybridized carbons (Fsp3) is 0.143. The molecule has 1 aliphatic rings. The van der Waals surface area contributed by atoms with Crippen LogP contribution in [0.5, 0.6) is 11.6 Å². The summed E-state index contributed by atoms with van der Waals surface area (Å²) in [6, 6.07) is 27.7. The Hall–Kier alpha value is -4.52. The van der Waals surface area contributed by atoms with Crippen LogP contribution in [-0.2, 0) is 0 Å². The van der Waals surface area contributed by atoms with Crippen molar-refractivity contribution in [3.8, 4) is 11.6 Å². The van der Waals surface area contributed by atoms with Gasteiger partial charge in [-0.25, -0.2) is 4.98 Å². The van der Waals surface area contributed by atoms with Crippen molar-refractivity contribution < 1.29 is 14.4 Å². The highest BCUT2D eigenvalue weighted by molar-refractivity contribution is 6.05. The van der Waals surface area contributed by atoms with E-state index in [1.807, 2.05) is 66.7 Å². The lowest BCUT2D eigenvalue weighted by Crippen LogP contribution is -2.49. The first-order valence-corrected chi connectivity index (χ1v) is 11.6. The van der Waals surface area contributed by atoms with E-state index >= 15 is 0 Å². The van der Waals surface area contributed by atoms with Crippen molar-refractivity contribution in [1.82, 2.24) is 9.88 Å². The Labute approximate surface area is 202 Å². The molecule has 1 saturated heterocycles. The summed E-state index contributed by atoms with van der Waals surface area (Å²) >= 11 is 0. The molecular formula is C28H24N4O3. The molecule has 7 nitrogen and oxygen atoms in total. The molecule has 3 heterocycles. The first kappa shape index (κ1) is 21.0. The Morgan fingerprint density at radius 2 is 1.60 bits per heavy atom. The largest absolute Gasteiger partial charge is 0.456 e. The zero-order valence-electron chi connectivity index (χ0n) is 19.0. The van der Waals surface area contributed by atoms with Gasteiger partial charge in [0, 0.05) is 60.5 Å². The zero-order valence-corrected chi connectivity index (χ0v) is 19.0. The maximum Gasteiger partial charge on any atom is 0.219 e. The van der Waals surface area contributed by atoms with Crippen molar-refractivity contribution in [1.29, 1.82) is 0 Å². The molecule has 0 radical (unpaired) electrons. The van der Waals surface area contributed by atoms with Gasteiger partial charge in [-0.1, -0.05) is 41.6 Å². The Morgan fingerprint density at radius 1 is 0.829 bits per heavy atom. The highest BCUT2D eigenvalue weighted by Gasteiger charge is 2.22. The molecule has 1 fully saturated rings. The van der Waals surface area contributed by atoms with Gasteiger partial charge in [-0.3, -0.25) is 0 Å². The lowest BCUT2D eigenvalue weighted by Gasteiger charge is -2.37. The van der Waals surface area contributed by atoms with Crippen LogP contribution in [0.3, 0.4) is 0 Å². The summed E-state index contributed by atoms with van der Waals surface area (Å²) < 4.78 is 11.9. The number of nitrogens with zero attached hydrogens (tertiary/aromatic N) is 4. The summed E-state index contributed by atoms with van der Waals surface area (Å²) in [7, 11) is 0. The second-order valence-corrected chi connectivity index (χ2v) is 8.48. The van der Waals surface area contributed by atoms with E-state index in [2.05, 4.69) is 32.1 Å². The molecule has 0 bridgehead atoms. The average Bonchev–Trinajstić information content (AvgIpc) is 3.29. The van der Waals surface area contributed by atoms with E-state index in [9.17, 15) is 5.21 Å². The molecule has 7 heteroatoms. The molecule has 0 aliphatic carbocycles. The molecule has 1 N–H and O–H groups in total. The van der Waals surface area contributed by atoms with Gasteiger partial charge in [0.2, 0.25) is 5.88 Å². The molecule has 6 rings (SSSR count). The number of pyridine rings is 1. The maximum atomic E-state index is 9.75. The van der Waals surface area contributed by atoms with Crippen LogP contribution in [0, 0.1) is 0 Å². The van der Waals surface area contributed by atoms with E-state index in [0.29, 0.717) is 17.5 Å². The standard InChI is InChI=1S/C28H24N4O3/c33-30-28(32-16-14-31(15-17-32)21-6-2-1-3-7-21)20-10-13-27(29-19-20)34-22-11-12-26-24(18-22)23-8-4-5-9-25(23)35-26/h1-13,18-19,33H,14-17H2/b30-28-. The summed E-state index contributed by atoms with van der Waals surface area (Å²) in [5, 5.41) is 15.4. The van der Waals surface area contributed by atoms with Gasteiger partial charge in [0.05, 0.1) is 0 Å². The van der Waals surface area contributed by atoms with Gasteiger partial charge in [0.25, 0.3) is 0 Å². The van der Waals surface area contributed by atoms with Crippen molar-refractivity contribution in [3.05, 3.63) is 96.7 Å².